The van der Waals surface area contributed by atoms with Crippen molar-refractivity contribution in [3.63, 3.8) is 0 Å². The lowest BCUT2D eigenvalue weighted by Crippen LogP contribution is -2.47. The minimum Gasteiger partial charge on any atom is -0.318 e. The molecule has 0 fully saturated rings. The molecule has 1 aromatic heterocycles. The van der Waals surface area contributed by atoms with Crippen molar-refractivity contribution < 1.29 is 4.57 Å². The van der Waals surface area contributed by atoms with Crippen LogP contribution in [0.2, 0.25) is 0 Å². The summed E-state index contributed by atoms with van der Waals surface area (Å²) in [5.41, 5.74) is 18.1. The largest absolute Gasteiger partial charge is 0.318 e. The standard InChI is InChI=1S/C58H61N4/c1-9-22-53-50(49-30-18-19-31-51(49)58-59(53)37-38-60(58)55-45(39(2)3)32-21-33-46(55)40(4)5)35-36-54-61(44-26-11-10-12-27-44)56(47-28-16-13-23-41(47)6)57(48-29-17-14-24-42(48)7)62(54)52-34-20-15-25-43(52)8/h9-21,23-34,37-40,50,53-54H,1,22,35-36H2,2-8H3/q+1. The van der Waals surface area contributed by atoms with E-state index < -0.39 is 0 Å². The lowest BCUT2D eigenvalue weighted by atomic mass is 9.79. The van der Waals surface area contributed by atoms with Gasteiger partial charge in [-0.2, -0.15) is 4.57 Å². The Balaban J connectivity index is 1.23. The van der Waals surface area contributed by atoms with Crippen molar-refractivity contribution in [3.05, 3.63) is 215 Å². The Bertz CT molecular complexity index is 2740. The first-order valence-electron chi connectivity index (χ1n) is 22.7. The molecule has 0 radical (unpaired) electrons. The Labute approximate surface area is 370 Å². The molecule has 6 aromatic carbocycles. The van der Waals surface area contributed by atoms with Crippen LogP contribution in [-0.4, -0.2) is 10.7 Å². The Hall–Kier alpha value is -6.39. The molecule has 0 N–H and O–H groups in total. The summed E-state index contributed by atoms with van der Waals surface area (Å²) in [6.45, 7) is 20.4. The molecular weight excluding hydrogens is 753 g/mol. The van der Waals surface area contributed by atoms with Crippen LogP contribution in [0, 0.1) is 20.8 Å². The Kier molecular flexibility index (Phi) is 11.4. The number of nitrogens with zero attached hydrogens (tertiary/aromatic N) is 4. The molecule has 3 atom stereocenters. The van der Waals surface area contributed by atoms with Crippen molar-refractivity contribution in [1.29, 1.82) is 0 Å². The average molecular weight is 814 g/mol. The molecule has 3 heterocycles. The quantitative estimate of drug-likeness (QED) is 0.0902. The Morgan fingerprint density at radius 2 is 1.13 bits per heavy atom. The van der Waals surface area contributed by atoms with Crippen molar-refractivity contribution >= 4 is 22.8 Å². The van der Waals surface area contributed by atoms with Crippen molar-refractivity contribution in [2.75, 3.05) is 9.80 Å². The van der Waals surface area contributed by atoms with Gasteiger partial charge in [0.15, 0.2) is 0 Å². The van der Waals surface area contributed by atoms with Crippen molar-refractivity contribution in [2.24, 2.45) is 0 Å². The molecule has 4 heteroatoms. The highest BCUT2D eigenvalue weighted by molar-refractivity contribution is 6.07. The van der Waals surface area contributed by atoms with Crippen LogP contribution < -0.4 is 14.4 Å². The van der Waals surface area contributed by atoms with Crippen LogP contribution in [0.1, 0.15) is 115 Å². The number of fused-ring (bicyclic) bond motifs is 3. The topological polar surface area (TPSA) is 15.3 Å². The van der Waals surface area contributed by atoms with Gasteiger partial charge in [0.1, 0.15) is 30.3 Å². The molecule has 2 aliphatic heterocycles. The molecule has 0 spiro atoms. The van der Waals surface area contributed by atoms with Gasteiger partial charge >= 0.3 is 0 Å². The third-order valence-electron chi connectivity index (χ3n) is 13.5. The number of anilines is 2. The summed E-state index contributed by atoms with van der Waals surface area (Å²) < 4.78 is 5.10. The van der Waals surface area contributed by atoms with Crippen LogP contribution in [-0.2, 0) is 0 Å². The van der Waals surface area contributed by atoms with E-state index >= 15 is 0 Å². The molecule has 0 aliphatic carbocycles. The van der Waals surface area contributed by atoms with Crippen LogP contribution in [0.15, 0.2) is 171 Å². The Morgan fingerprint density at radius 3 is 1.73 bits per heavy atom. The third kappa shape index (κ3) is 7.10. The monoisotopic (exact) mass is 813 g/mol. The zero-order chi connectivity index (χ0) is 43.1. The molecule has 7 aromatic rings. The normalized spacial score (nSPS) is 17.2. The summed E-state index contributed by atoms with van der Waals surface area (Å²) in [4.78, 5) is 5.36. The van der Waals surface area contributed by atoms with Crippen molar-refractivity contribution in [3.8, 4) is 17.1 Å². The van der Waals surface area contributed by atoms with Gasteiger partial charge in [-0.05, 0) is 92.0 Å². The molecule has 62 heavy (non-hydrogen) atoms. The fourth-order valence-electron chi connectivity index (χ4n) is 10.6. The van der Waals surface area contributed by atoms with Crippen LogP contribution >= 0.6 is 0 Å². The second-order valence-corrected chi connectivity index (χ2v) is 18.0. The zero-order valence-electron chi connectivity index (χ0n) is 37.6. The van der Waals surface area contributed by atoms with Crippen molar-refractivity contribution in [2.45, 2.75) is 97.7 Å². The number of hydrogen-bond acceptors (Lipinski definition) is 2. The number of allylic oxidation sites excluding steroid dienone is 1. The van der Waals surface area contributed by atoms with Crippen LogP contribution in [0.5, 0.6) is 0 Å². The van der Waals surface area contributed by atoms with E-state index in [1.165, 1.54) is 84.4 Å². The Morgan fingerprint density at radius 1 is 0.581 bits per heavy atom. The molecule has 0 saturated heterocycles. The first kappa shape index (κ1) is 41.0. The molecule has 3 unspecified atom stereocenters. The fourth-order valence-corrected chi connectivity index (χ4v) is 10.6. The van der Waals surface area contributed by atoms with Crippen LogP contribution in [0.25, 0.3) is 28.5 Å². The van der Waals surface area contributed by atoms with Crippen LogP contribution in [0.4, 0.5) is 11.4 Å². The van der Waals surface area contributed by atoms with Gasteiger partial charge < -0.3 is 9.80 Å². The minimum absolute atomic E-state index is 0.0123. The molecular formula is C58H61N4+. The predicted octanol–water partition coefficient (Wildman–Crippen LogP) is 14.5. The molecule has 2 aliphatic rings. The summed E-state index contributed by atoms with van der Waals surface area (Å²) in [5.74, 6) is 2.29. The maximum atomic E-state index is 4.37. The van der Waals surface area contributed by atoms with E-state index in [9.17, 15) is 0 Å². The summed E-state index contributed by atoms with van der Waals surface area (Å²) in [7, 11) is 0. The summed E-state index contributed by atoms with van der Waals surface area (Å²) in [6.07, 6.45) is 9.59. The number of benzene rings is 6. The van der Waals surface area contributed by atoms with Gasteiger partial charge in [0.05, 0.1) is 17.0 Å². The molecule has 0 bridgehead atoms. The van der Waals surface area contributed by atoms with Crippen molar-refractivity contribution in [1.82, 2.24) is 4.57 Å². The van der Waals surface area contributed by atoms with Gasteiger partial charge in [0, 0.05) is 46.0 Å². The second kappa shape index (κ2) is 17.2. The van der Waals surface area contributed by atoms with E-state index in [1.54, 1.807) is 0 Å². The lowest BCUT2D eigenvalue weighted by molar-refractivity contribution is -0.716. The number of imidazole rings is 1. The first-order chi connectivity index (χ1) is 30.2. The van der Waals surface area contributed by atoms with E-state index in [-0.39, 0.29) is 18.1 Å². The number of rotatable bonds is 12. The van der Waals surface area contributed by atoms with Gasteiger partial charge in [0.2, 0.25) is 0 Å². The van der Waals surface area contributed by atoms with E-state index in [2.05, 4.69) is 238 Å². The number of aryl methyl sites for hydroxylation is 3. The maximum Gasteiger partial charge on any atom is 0.294 e. The van der Waals surface area contributed by atoms with Gasteiger partial charge in [-0.1, -0.05) is 155 Å². The predicted molar refractivity (Wildman–Crippen MR) is 261 cm³/mol. The second-order valence-electron chi connectivity index (χ2n) is 18.0. The number of para-hydroxylation sites is 3. The molecule has 9 rings (SSSR count). The summed E-state index contributed by atoms with van der Waals surface area (Å²) in [5, 5.41) is 0. The highest BCUT2D eigenvalue weighted by Crippen LogP contribution is 2.51. The summed E-state index contributed by atoms with van der Waals surface area (Å²) >= 11 is 0. The number of aromatic nitrogens is 2. The van der Waals surface area contributed by atoms with Gasteiger partial charge in [-0.3, -0.25) is 0 Å². The molecule has 0 saturated carbocycles. The van der Waals surface area contributed by atoms with E-state index in [0.29, 0.717) is 11.8 Å². The van der Waals surface area contributed by atoms with Gasteiger partial charge in [0.25, 0.3) is 5.82 Å². The zero-order valence-corrected chi connectivity index (χ0v) is 37.6. The summed E-state index contributed by atoms with van der Waals surface area (Å²) in [6, 6.07) is 54.3. The third-order valence-corrected chi connectivity index (χ3v) is 13.5. The SMILES string of the molecule is C=CCC1C(CCC2N(c3ccccc3)C(c3ccccc3C)=C(c3ccccc3C)N2c2ccccc2C)c2ccccc2-c2n(-c3c(C(C)C)cccc3C(C)C)cc[n+]21. The number of hydrogen-bond donors (Lipinski definition) is 0. The van der Waals surface area contributed by atoms with E-state index in [1.807, 2.05) is 0 Å². The van der Waals surface area contributed by atoms with Crippen LogP contribution in [0.3, 0.4) is 0 Å². The lowest BCUT2D eigenvalue weighted by Gasteiger charge is -2.38. The maximum absolute atomic E-state index is 4.37. The van der Waals surface area contributed by atoms with E-state index in [4.69, 9.17) is 0 Å². The highest BCUT2D eigenvalue weighted by Gasteiger charge is 2.45. The highest BCUT2D eigenvalue weighted by atomic mass is 15.4. The van der Waals surface area contributed by atoms with Gasteiger partial charge in [-0.25, -0.2) is 4.57 Å². The minimum atomic E-state index is -0.0123. The first-order valence-corrected chi connectivity index (χ1v) is 22.7. The molecule has 312 valence electrons. The van der Waals surface area contributed by atoms with Gasteiger partial charge in [-0.15, -0.1) is 6.58 Å². The smallest absolute Gasteiger partial charge is 0.294 e. The average Bonchev–Trinajstić information content (AvgIpc) is 3.87. The van der Waals surface area contributed by atoms with E-state index in [0.717, 1.165) is 19.3 Å². The molecule has 0 amide bonds. The molecule has 4 nitrogen and oxygen atoms in total. The fraction of sp³-hybridized carbons (Fsp3) is 0.259.